The van der Waals surface area contributed by atoms with Crippen molar-refractivity contribution in [3.05, 3.63) is 29.8 Å². The monoisotopic (exact) mass is 296 g/mol. The van der Waals surface area contributed by atoms with Gasteiger partial charge < -0.3 is 9.47 Å². The first kappa shape index (κ1) is 15.7. The average Bonchev–Trinajstić information content (AvgIpc) is 3.00. The van der Waals surface area contributed by atoms with Gasteiger partial charge in [-0.25, -0.2) is 0 Å². The first-order chi connectivity index (χ1) is 9.81. The molecule has 0 bridgehead atoms. The maximum Gasteiger partial charge on any atom is 0.118 e. The Morgan fingerprint density at radius 2 is 2.15 bits per heavy atom. The average molecular weight is 297 g/mol. The summed E-state index contributed by atoms with van der Waals surface area (Å²) in [6, 6.07) is 8.32. The summed E-state index contributed by atoms with van der Waals surface area (Å²) in [5.74, 6) is 2.21. The topological polar surface area (TPSA) is 18.5 Å². The zero-order valence-corrected chi connectivity index (χ0v) is 13.1. The molecule has 2 unspecified atom stereocenters. The Balaban J connectivity index is 1.72. The summed E-state index contributed by atoms with van der Waals surface area (Å²) < 4.78 is 10.8. The van der Waals surface area contributed by atoms with E-state index in [1.807, 2.05) is 12.1 Å². The molecule has 0 aromatic heterocycles. The third kappa shape index (κ3) is 4.99. The molecule has 1 aliphatic heterocycles. The van der Waals surface area contributed by atoms with Gasteiger partial charge in [-0.05, 0) is 55.7 Å². The second-order valence-electron chi connectivity index (χ2n) is 5.64. The zero-order chi connectivity index (χ0) is 14.2. The molecule has 1 aromatic rings. The number of alkyl halides is 1. The molecule has 1 aliphatic rings. The van der Waals surface area contributed by atoms with Crippen molar-refractivity contribution in [1.82, 2.24) is 0 Å². The van der Waals surface area contributed by atoms with Gasteiger partial charge in [0.25, 0.3) is 0 Å². The van der Waals surface area contributed by atoms with E-state index >= 15 is 0 Å². The molecule has 1 heterocycles. The normalized spacial score (nSPS) is 20.0. The van der Waals surface area contributed by atoms with Gasteiger partial charge >= 0.3 is 0 Å². The Morgan fingerprint density at radius 3 is 2.75 bits per heavy atom. The van der Waals surface area contributed by atoms with Crippen molar-refractivity contribution in [2.75, 3.05) is 19.6 Å². The van der Waals surface area contributed by atoms with Crippen LogP contribution in [0.15, 0.2) is 24.3 Å². The standard InChI is InChI=1S/C17H25ClO2/c1-19-16-9-7-14(8-10-16)12-15(13-18)4-2-5-17-6-3-11-20-17/h7-10,15,17H,2-6,11-13H2,1H3. The number of methoxy groups -OCH3 is 1. The second kappa shape index (κ2) is 8.53. The Morgan fingerprint density at radius 1 is 1.35 bits per heavy atom. The highest BCUT2D eigenvalue weighted by atomic mass is 35.5. The molecule has 0 amide bonds. The number of halogens is 1. The molecule has 1 aromatic carbocycles. The number of hydrogen-bond acceptors (Lipinski definition) is 2. The van der Waals surface area contributed by atoms with Crippen molar-refractivity contribution in [1.29, 1.82) is 0 Å². The predicted octanol–water partition coefficient (Wildman–Crippen LogP) is 4.44. The molecular formula is C17H25ClO2. The van der Waals surface area contributed by atoms with Gasteiger partial charge in [0, 0.05) is 12.5 Å². The van der Waals surface area contributed by atoms with Crippen LogP contribution in [0.5, 0.6) is 5.75 Å². The lowest BCUT2D eigenvalue weighted by atomic mass is 9.94. The summed E-state index contributed by atoms with van der Waals surface area (Å²) in [6.45, 7) is 0.954. The van der Waals surface area contributed by atoms with E-state index in [1.165, 1.54) is 37.7 Å². The van der Waals surface area contributed by atoms with E-state index in [2.05, 4.69) is 12.1 Å². The van der Waals surface area contributed by atoms with Gasteiger partial charge in [0.05, 0.1) is 13.2 Å². The zero-order valence-electron chi connectivity index (χ0n) is 12.3. The van der Waals surface area contributed by atoms with Crippen molar-refractivity contribution in [2.24, 2.45) is 5.92 Å². The maximum atomic E-state index is 6.12. The van der Waals surface area contributed by atoms with Crippen LogP contribution < -0.4 is 4.74 Å². The fourth-order valence-electron chi connectivity index (χ4n) is 2.83. The minimum absolute atomic E-state index is 0.506. The first-order valence-electron chi connectivity index (χ1n) is 7.62. The maximum absolute atomic E-state index is 6.12. The molecule has 0 aliphatic carbocycles. The molecule has 2 atom stereocenters. The minimum Gasteiger partial charge on any atom is -0.497 e. The van der Waals surface area contributed by atoms with E-state index in [0.717, 1.165) is 24.7 Å². The van der Waals surface area contributed by atoms with Crippen LogP contribution in [0.1, 0.15) is 37.7 Å². The molecule has 0 spiro atoms. The van der Waals surface area contributed by atoms with Crippen molar-refractivity contribution in [3.8, 4) is 5.75 Å². The molecule has 112 valence electrons. The van der Waals surface area contributed by atoms with Crippen LogP contribution in [0.3, 0.4) is 0 Å². The fraction of sp³-hybridized carbons (Fsp3) is 0.647. The lowest BCUT2D eigenvalue weighted by Gasteiger charge is -2.15. The third-order valence-electron chi connectivity index (χ3n) is 4.06. The van der Waals surface area contributed by atoms with Crippen molar-refractivity contribution in [3.63, 3.8) is 0 Å². The summed E-state index contributed by atoms with van der Waals surface area (Å²) in [7, 11) is 1.70. The summed E-state index contributed by atoms with van der Waals surface area (Å²) in [5, 5.41) is 0. The number of ether oxygens (including phenoxy) is 2. The minimum atomic E-state index is 0.506. The predicted molar refractivity (Wildman–Crippen MR) is 83.7 cm³/mol. The Hall–Kier alpha value is -0.730. The van der Waals surface area contributed by atoms with E-state index in [0.29, 0.717) is 12.0 Å². The Labute approximate surface area is 127 Å². The largest absolute Gasteiger partial charge is 0.497 e. The Bertz CT molecular complexity index is 371. The lowest BCUT2D eigenvalue weighted by molar-refractivity contribution is 0.101. The SMILES string of the molecule is COc1ccc(CC(CCl)CCCC2CCCO2)cc1. The van der Waals surface area contributed by atoms with Gasteiger partial charge in [-0.1, -0.05) is 18.6 Å². The molecule has 2 rings (SSSR count). The van der Waals surface area contributed by atoms with E-state index in [-0.39, 0.29) is 0 Å². The molecule has 2 nitrogen and oxygen atoms in total. The number of hydrogen-bond donors (Lipinski definition) is 0. The first-order valence-corrected chi connectivity index (χ1v) is 8.15. The van der Waals surface area contributed by atoms with Crippen LogP contribution in [-0.2, 0) is 11.2 Å². The Kier molecular flexibility index (Phi) is 6.68. The van der Waals surface area contributed by atoms with Crippen molar-refractivity contribution >= 4 is 11.6 Å². The molecule has 0 N–H and O–H groups in total. The van der Waals surface area contributed by atoms with Crippen LogP contribution in [0.2, 0.25) is 0 Å². The van der Waals surface area contributed by atoms with Crippen LogP contribution in [-0.4, -0.2) is 25.7 Å². The van der Waals surface area contributed by atoms with Gasteiger partial charge in [-0.3, -0.25) is 0 Å². The van der Waals surface area contributed by atoms with Crippen molar-refractivity contribution < 1.29 is 9.47 Å². The molecule has 20 heavy (non-hydrogen) atoms. The fourth-order valence-corrected chi connectivity index (χ4v) is 3.10. The van der Waals surface area contributed by atoms with Gasteiger partial charge in [-0.2, -0.15) is 0 Å². The van der Waals surface area contributed by atoms with E-state index in [4.69, 9.17) is 21.1 Å². The second-order valence-corrected chi connectivity index (χ2v) is 5.95. The smallest absolute Gasteiger partial charge is 0.118 e. The molecule has 1 saturated heterocycles. The highest BCUT2D eigenvalue weighted by Crippen LogP contribution is 2.22. The highest BCUT2D eigenvalue weighted by Gasteiger charge is 2.16. The molecule has 1 fully saturated rings. The van der Waals surface area contributed by atoms with Crippen LogP contribution in [0.4, 0.5) is 0 Å². The summed E-state index contributed by atoms with van der Waals surface area (Å²) in [5.41, 5.74) is 1.34. The van der Waals surface area contributed by atoms with E-state index in [1.54, 1.807) is 7.11 Å². The highest BCUT2D eigenvalue weighted by molar-refractivity contribution is 6.18. The van der Waals surface area contributed by atoms with E-state index < -0.39 is 0 Å². The van der Waals surface area contributed by atoms with Gasteiger partial charge in [-0.15, -0.1) is 11.6 Å². The summed E-state index contributed by atoms with van der Waals surface area (Å²) in [6.07, 6.45) is 7.63. The number of rotatable bonds is 8. The third-order valence-corrected chi connectivity index (χ3v) is 4.50. The summed E-state index contributed by atoms with van der Waals surface area (Å²) >= 11 is 6.12. The molecule has 0 radical (unpaired) electrons. The van der Waals surface area contributed by atoms with Crippen LogP contribution >= 0.6 is 11.6 Å². The number of benzene rings is 1. The van der Waals surface area contributed by atoms with Crippen molar-refractivity contribution in [2.45, 2.75) is 44.6 Å². The van der Waals surface area contributed by atoms with Crippen LogP contribution in [0.25, 0.3) is 0 Å². The lowest BCUT2D eigenvalue weighted by Crippen LogP contribution is -2.10. The van der Waals surface area contributed by atoms with Gasteiger partial charge in [0.15, 0.2) is 0 Å². The molecule has 3 heteroatoms. The van der Waals surface area contributed by atoms with Gasteiger partial charge in [0.1, 0.15) is 5.75 Å². The summed E-state index contributed by atoms with van der Waals surface area (Å²) in [4.78, 5) is 0. The quantitative estimate of drug-likeness (QED) is 0.660. The molecule has 0 saturated carbocycles. The van der Waals surface area contributed by atoms with Gasteiger partial charge in [0.2, 0.25) is 0 Å². The molecular weight excluding hydrogens is 272 g/mol. The van der Waals surface area contributed by atoms with Crippen LogP contribution in [0, 0.1) is 5.92 Å². The van der Waals surface area contributed by atoms with E-state index in [9.17, 15) is 0 Å².